The number of fused-ring (bicyclic) bond motifs is 3. The van der Waals surface area contributed by atoms with E-state index >= 15 is 0 Å². The number of hydrogen-bond donors (Lipinski definition) is 1. The van der Waals surface area contributed by atoms with Crippen molar-refractivity contribution in [2.24, 2.45) is 0 Å². The minimum atomic E-state index is -3.05. The second-order valence-corrected chi connectivity index (χ2v) is 11.0. The second-order valence-electron chi connectivity index (χ2n) is 8.66. The maximum Gasteiger partial charge on any atom is 0.337 e. The van der Waals surface area contributed by atoms with Gasteiger partial charge in [-0.2, -0.15) is 0 Å². The lowest BCUT2D eigenvalue weighted by Gasteiger charge is -2.31. The number of methoxy groups -OCH3 is 1. The highest BCUT2D eigenvalue weighted by atomic mass is 32.2. The molecule has 0 atom stereocenters. The first-order valence-electron chi connectivity index (χ1n) is 10.6. The van der Waals surface area contributed by atoms with Crippen LogP contribution in [0.15, 0.2) is 30.3 Å². The molecule has 0 bridgehead atoms. The number of ether oxygens (including phenoxy) is 2. The lowest BCUT2D eigenvalue weighted by Crippen LogP contribution is -2.43. The molecule has 7 heteroatoms. The van der Waals surface area contributed by atoms with Crippen molar-refractivity contribution in [3.63, 3.8) is 0 Å². The topological polar surface area (TPSA) is 89.9 Å². The van der Waals surface area contributed by atoms with Crippen LogP contribution in [0, 0.1) is 6.92 Å². The third kappa shape index (κ3) is 4.62. The van der Waals surface area contributed by atoms with Crippen LogP contribution in [0.25, 0.3) is 11.1 Å². The predicted molar refractivity (Wildman–Crippen MR) is 118 cm³/mol. The maximum absolute atomic E-state index is 12.0. The molecule has 2 aromatic rings. The largest absolute Gasteiger partial charge is 0.491 e. The highest BCUT2D eigenvalue weighted by Crippen LogP contribution is 2.38. The van der Waals surface area contributed by atoms with Crippen LogP contribution in [0.5, 0.6) is 5.75 Å². The van der Waals surface area contributed by atoms with E-state index in [0.717, 1.165) is 41.5 Å². The number of hydrogen-bond acceptors (Lipinski definition) is 6. The molecule has 0 spiro atoms. The van der Waals surface area contributed by atoms with Crippen LogP contribution in [0.4, 0.5) is 0 Å². The van der Waals surface area contributed by atoms with Crippen LogP contribution in [0.3, 0.4) is 0 Å². The molecule has 2 aromatic carbocycles. The number of esters is 1. The van der Waals surface area contributed by atoms with E-state index in [4.69, 9.17) is 9.47 Å². The number of benzene rings is 2. The zero-order chi connectivity index (χ0) is 22.2. The van der Waals surface area contributed by atoms with Crippen molar-refractivity contribution in [2.45, 2.75) is 44.6 Å². The summed E-state index contributed by atoms with van der Waals surface area (Å²) in [5.41, 5.74) is 4.98. The Morgan fingerprint density at radius 2 is 1.81 bits per heavy atom. The molecule has 0 saturated carbocycles. The van der Waals surface area contributed by atoms with Gasteiger partial charge < -0.3 is 14.6 Å². The van der Waals surface area contributed by atoms with Crippen LogP contribution >= 0.6 is 0 Å². The van der Waals surface area contributed by atoms with E-state index in [1.165, 1.54) is 12.7 Å². The van der Waals surface area contributed by atoms with Gasteiger partial charge in [0.1, 0.15) is 18.0 Å². The lowest BCUT2D eigenvalue weighted by molar-refractivity contribution is -0.0128. The minimum Gasteiger partial charge on any atom is -0.491 e. The SMILES string of the molecule is COC(=O)c1ccc2c(c1)-c1c(C)cc(OCC3(O)CCS(=O)(=O)CC3)cc1CCC2. The van der Waals surface area contributed by atoms with Gasteiger partial charge in [-0.3, -0.25) is 0 Å². The first kappa shape index (κ1) is 21.8. The molecule has 1 aliphatic carbocycles. The summed E-state index contributed by atoms with van der Waals surface area (Å²) in [7, 11) is -1.67. The zero-order valence-electron chi connectivity index (χ0n) is 17.9. The van der Waals surface area contributed by atoms with Gasteiger partial charge >= 0.3 is 5.97 Å². The van der Waals surface area contributed by atoms with Crippen LogP contribution < -0.4 is 4.74 Å². The fraction of sp³-hybridized carbons (Fsp3) is 0.458. The summed E-state index contributed by atoms with van der Waals surface area (Å²) >= 11 is 0. The number of sulfone groups is 1. The van der Waals surface area contributed by atoms with Crippen LogP contribution in [-0.2, 0) is 27.4 Å². The van der Waals surface area contributed by atoms with E-state index in [0.29, 0.717) is 11.3 Å². The molecule has 1 fully saturated rings. The molecule has 1 N–H and O–H groups in total. The molecular formula is C24H28O6S. The van der Waals surface area contributed by atoms with Crippen molar-refractivity contribution < 1.29 is 27.8 Å². The number of aliphatic hydroxyl groups is 1. The zero-order valence-corrected chi connectivity index (χ0v) is 18.8. The molecule has 0 aromatic heterocycles. The van der Waals surface area contributed by atoms with Gasteiger partial charge in [-0.25, -0.2) is 13.2 Å². The molecule has 31 heavy (non-hydrogen) atoms. The Morgan fingerprint density at radius 3 is 2.52 bits per heavy atom. The molecule has 6 nitrogen and oxygen atoms in total. The summed E-state index contributed by atoms with van der Waals surface area (Å²) in [4.78, 5) is 12.0. The summed E-state index contributed by atoms with van der Waals surface area (Å²) in [6.07, 6.45) is 3.20. The highest BCUT2D eigenvalue weighted by molar-refractivity contribution is 7.91. The van der Waals surface area contributed by atoms with Crippen LogP contribution in [0.2, 0.25) is 0 Å². The maximum atomic E-state index is 12.0. The van der Waals surface area contributed by atoms with Gasteiger partial charge in [-0.15, -0.1) is 0 Å². The molecule has 1 aliphatic heterocycles. The summed E-state index contributed by atoms with van der Waals surface area (Å²) in [6, 6.07) is 9.68. The van der Waals surface area contributed by atoms with E-state index in [1.807, 2.05) is 37.3 Å². The Bertz CT molecular complexity index is 1110. The van der Waals surface area contributed by atoms with Gasteiger partial charge in [0.05, 0.1) is 24.2 Å². The first-order chi connectivity index (χ1) is 14.7. The van der Waals surface area contributed by atoms with Crippen molar-refractivity contribution in [1.29, 1.82) is 0 Å². The molecule has 0 radical (unpaired) electrons. The van der Waals surface area contributed by atoms with Crippen LogP contribution in [-0.4, -0.2) is 50.3 Å². The summed E-state index contributed by atoms with van der Waals surface area (Å²) in [6.45, 7) is 2.09. The normalized spacial score (nSPS) is 18.9. The Kier molecular flexibility index (Phi) is 5.83. The molecule has 1 saturated heterocycles. The number of rotatable bonds is 4. The molecule has 0 amide bonds. The van der Waals surface area contributed by atoms with Crippen molar-refractivity contribution in [1.82, 2.24) is 0 Å². The molecule has 166 valence electrons. The molecule has 1 heterocycles. The van der Waals surface area contributed by atoms with Crippen molar-refractivity contribution in [2.75, 3.05) is 25.2 Å². The molecule has 0 unspecified atom stereocenters. The number of carbonyl (C=O) groups excluding carboxylic acids is 1. The first-order valence-corrected chi connectivity index (χ1v) is 12.4. The predicted octanol–water partition coefficient (Wildman–Crippen LogP) is 3.26. The van der Waals surface area contributed by atoms with E-state index in [9.17, 15) is 18.3 Å². The Balaban J connectivity index is 1.61. The van der Waals surface area contributed by atoms with Gasteiger partial charge in [0, 0.05) is 0 Å². The quantitative estimate of drug-likeness (QED) is 0.728. The van der Waals surface area contributed by atoms with Gasteiger partial charge in [-0.1, -0.05) is 6.07 Å². The summed E-state index contributed by atoms with van der Waals surface area (Å²) < 4.78 is 34.2. The number of carbonyl (C=O) groups is 1. The van der Waals surface area contributed by atoms with E-state index in [-0.39, 0.29) is 36.9 Å². The van der Waals surface area contributed by atoms with Gasteiger partial charge in [0.25, 0.3) is 0 Å². The minimum absolute atomic E-state index is 0.00458. The monoisotopic (exact) mass is 444 g/mol. The fourth-order valence-electron chi connectivity index (χ4n) is 4.51. The average molecular weight is 445 g/mol. The Labute approximate surface area is 183 Å². The van der Waals surface area contributed by atoms with Gasteiger partial charge in [-0.05, 0) is 91.1 Å². The Hall–Kier alpha value is -2.38. The standard InChI is InChI=1S/C24H28O6S/c1-16-12-20(30-15-24(26)8-10-31(27,28)11-9-24)13-18-5-3-4-17-6-7-19(23(25)29-2)14-21(17)22(16)18/h6-7,12-14,26H,3-5,8-11,15H2,1-2H3. The fourth-order valence-corrected chi connectivity index (χ4v) is 6.10. The highest BCUT2D eigenvalue weighted by Gasteiger charge is 2.36. The third-order valence-corrected chi connectivity index (χ3v) is 8.00. The second kappa shape index (κ2) is 8.28. The van der Waals surface area contributed by atoms with E-state index in [2.05, 4.69) is 0 Å². The van der Waals surface area contributed by atoms with Gasteiger partial charge in [0.15, 0.2) is 9.84 Å². The molecule has 4 rings (SSSR count). The lowest BCUT2D eigenvalue weighted by atomic mass is 9.91. The summed E-state index contributed by atoms with van der Waals surface area (Å²) in [5.74, 6) is 0.310. The molecule has 2 aliphatic rings. The van der Waals surface area contributed by atoms with Crippen molar-refractivity contribution >= 4 is 15.8 Å². The van der Waals surface area contributed by atoms with Crippen molar-refractivity contribution in [3.05, 3.63) is 52.6 Å². The van der Waals surface area contributed by atoms with Gasteiger partial charge in [0.2, 0.25) is 0 Å². The average Bonchev–Trinajstić information content (AvgIpc) is 2.93. The van der Waals surface area contributed by atoms with E-state index in [1.54, 1.807) is 0 Å². The third-order valence-electron chi connectivity index (χ3n) is 6.35. The summed E-state index contributed by atoms with van der Waals surface area (Å²) in [5, 5.41) is 10.7. The van der Waals surface area contributed by atoms with Crippen LogP contribution in [0.1, 0.15) is 46.3 Å². The molecular weight excluding hydrogens is 416 g/mol. The smallest absolute Gasteiger partial charge is 0.337 e. The number of aryl methyl sites for hydroxylation is 3. The van der Waals surface area contributed by atoms with Crippen molar-refractivity contribution in [3.8, 4) is 16.9 Å². The van der Waals surface area contributed by atoms with E-state index < -0.39 is 15.4 Å². The Morgan fingerprint density at radius 1 is 1.10 bits per heavy atom.